The molecule has 2 heterocycles. The van der Waals surface area contributed by atoms with Gasteiger partial charge in [-0.15, -0.1) is 0 Å². The van der Waals surface area contributed by atoms with E-state index in [2.05, 4.69) is 0 Å². The second kappa shape index (κ2) is 2.77. The molecule has 0 aromatic carbocycles. The summed E-state index contributed by atoms with van der Waals surface area (Å²) in [7, 11) is 0. The molecule has 0 amide bonds. The van der Waals surface area contributed by atoms with Gasteiger partial charge in [-0.3, -0.25) is 4.79 Å². The Hall–Kier alpha value is -0.450. The molecule has 0 N–H and O–H groups in total. The van der Waals surface area contributed by atoms with E-state index in [0.29, 0.717) is 6.42 Å². The van der Waals surface area contributed by atoms with Gasteiger partial charge in [0.25, 0.3) is 0 Å². The molecule has 0 radical (unpaired) electrons. The highest BCUT2D eigenvalue weighted by molar-refractivity contribution is 5.80. The first-order valence-electron chi connectivity index (χ1n) is 4.49. The number of hydrogen-bond acceptors (Lipinski definition) is 4. The van der Waals surface area contributed by atoms with Crippen molar-refractivity contribution in [3.63, 3.8) is 0 Å². The van der Waals surface area contributed by atoms with Crippen LogP contribution in [0.3, 0.4) is 0 Å². The van der Waals surface area contributed by atoms with Crippen LogP contribution in [0.25, 0.3) is 0 Å². The molecule has 4 nitrogen and oxygen atoms in total. The van der Waals surface area contributed by atoms with Crippen molar-refractivity contribution in [3.8, 4) is 0 Å². The van der Waals surface area contributed by atoms with E-state index < -0.39 is 5.79 Å². The summed E-state index contributed by atoms with van der Waals surface area (Å²) in [5.74, 6) is -0.531. The molecule has 0 spiro atoms. The lowest BCUT2D eigenvalue weighted by Gasteiger charge is -2.19. The van der Waals surface area contributed by atoms with Crippen molar-refractivity contribution in [1.29, 1.82) is 0 Å². The smallest absolute Gasteiger partial charge is 0.188 e. The Balaban J connectivity index is 2.01. The van der Waals surface area contributed by atoms with Gasteiger partial charge in [0, 0.05) is 6.42 Å². The summed E-state index contributed by atoms with van der Waals surface area (Å²) < 4.78 is 16.4. The molecule has 4 heteroatoms. The van der Waals surface area contributed by atoms with E-state index in [1.165, 1.54) is 6.92 Å². The van der Waals surface area contributed by atoms with Crippen molar-refractivity contribution < 1.29 is 19.0 Å². The average molecular weight is 186 g/mol. The number of ketones is 1. The number of Topliss-reactive ketones (excluding diaryl/α,β-unsaturated/α-hetero) is 1. The Kier molecular flexibility index (Phi) is 1.94. The molecular weight excluding hydrogens is 172 g/mol. The van der Waals surface area contributed by atoms with Crippen LogP contribution in [0.4, 0.5) is 0 Å². The quantitative estimate of drug-likeness (QED) is 0.608. The molecule has 0 saturated carbocycles. The van der Waals surface area contributed by atoms with Crippen LogP contribution in [0.15, 0.2) is 0 Å². The summed E-state index contributed by atoms with van der Waals surface area (Å²) >= 11 is 0. The molecule has 2 saturated heterocycles. The topological polar surface area (TPSA) is 44.8 Å². The van der Waals surface area contributed by atoms with Crippen LogP contribution in [-0.2, 0) is 19.0 Å². The third kappa shape index (κ3) is 1.61. The molecule has 0 aliphatic carbocycles. The molecule has 0 aromatic heterocycles. The first kappa shape index (κ1) is 9.12. The molecule has 74 valence electrons. The zero-order chi connectivity index (χ0) is 9.64. The number of carbonyl (C=O) groups excluding carboxylic acids is 1. The van der Waals surface area contributed by atoms with E-state index in [-0.39, 0.29) is 24.3 Å². The summed E-state index contributed by atoms with van der Waals surface area (Å²) in [6.45, 7) is 5.21. The van der Waals surface area contributed by atoms with Crippen molar-refractivity contribution in [2.45, 2.75) is 51.5 Å². The standard InChI is InChI=1S/C9H14O4/c1-5(10)6-4-7-8(11-6)13-9(2,3)12-7/h6-8H,4H2,1-3H3/t6-,7-,8-/m1/s1. The first-order valence-corrected chi connectivity index (χ1v) is 4.49. The van der Waals surface area contributed by atoms with E-state index >= 15 is 0 Å². The predicted molar refractivity (Wildman–Crippen MR) is 44.0 cm³/mol. The summed E-state index contributed by atoms with van der Waals surface area (Å²) in [5.41, 5.74) is 0. The van der Waals surface area contributed by atoms with Gasteiger partial charge in [0.1, 0.15) is 12.2 Å². The highest BCUT2D eigenvalue weighted by Crippen LogP contribution is 2.37. The largest absolute Gasteiger partial charge is 0.342 e. The monoisotopic (exact) mass is 186 g/mol. The third-order valence-corrected chi connectivity index (χ3v) is 2.34. The highest BCUT2D eigenvalue weighted by Gasteiger charge is 2.49. The molecular formula is C9H14O4. The van der Waals surface area contributed by atoms with Crippen LogP contribution in [0.5, 0.6) is 0 Å². The second-order valence-electron chi connectivity index (χ2n) is 4.01. The number of fused-ring (bicyclic) bond motifs is 1. The predicted octanol–water partition coefficient (Wildman–Crippen LogP) is 0.842. The molecule has 3 atom stereocenters. The lowest BCUT2D eigenvalue weighted by molar-refractivity contribution is -0.204. The number of ether oxygens (including phenoxy) is 3. The lowest BCUT2D eigenvalue weighted by Crippen LogP contribution is -2.26. The minimum Gasteiger partial charge on any atom is -0.342 e. The fourth-order valence-electron chi connectivity index (χ4n) is 1.77. The van der Waals surface area contributed by atoms with Crippen LogP contribution in [-0.4, -0.2) is 30.1 Å². The van der Waals surface area contributed by atoms with Crippen LogP contribution < -0.4 is 0 Å². The van der Waals surface area contributed by atoms with Gasteiger partial charge >= 0.3 is 0 Å². The molecule has 2 aliphatic rings. The third-order valence-electron chi connectivity index (χ3n) is 2.34. The molecule has 2 rings (SSSR count). The Bertz CT molecular complexity index is 220. The van der Waals surface area contributed by atoms with Gasteiger partial charge in [-0.1, -0.05) is 0 Å². The van der Waals surface area contributed by atoms with Gasteiger partial charge in [0.05, 0.1) is 0 Å². The number of carbonyl (C=O) groups is 1. The van der Waals surface area contributed by atoms with Crippen molar-refractivity contribution in [1.82, 2.24) is 0 Å². The van der Waals surface area contributed by atoms with E-state index in [9.17, 15) is 4.79 Å². The van der Waals surface area contributed by atoms with E-state index in [0.717, 1.165) is 0 Å². The fourth-order valence-corrected chi connectivity index (χ4v) is 1.77. The summed E-state index contributed by atoms with van der Waals surface area (Å²) in [4.78, 5) is 11.0. The summed E-state index contributed by atoms with van der Waals surface area (Å²) in [5, 5.41) is 0. The molecule has 13 heavy (non-hydrogen) atoms. The maximum Gasteiger partial charge on any atom is 0.188 e. The van der Waals surface area contributed by atoms with E-state index in [4.69, 9.17) is 14.2 Å². The molecule has 0 unspecified atom stereocenters. The van der Waals surface area contributed by atoms with Crippen LogP contribution in [0.2, 0.25) is 0 Å². The zero-order valence-electron chi connectivity index (χ0n) is 8.07. The number of rotatable bonds is 1. The second-order valence-corrected chi connectivity index (χ2v) is 4.01. The zero-order valence-corrected chi connectivity index (χ0v) is 8.07. The minimum absolute atomic E-state index is 0.0411. The normalized spacial score (nSPS) is 41.9. The SMILES string of the molecule is CC(=O)[C@H]1C[C@H]2OC(C)(C)O[C@H]2O1. The Morgan fingerprint density at radius 3 is 2.62 bits per heavy atom. The van der Waals surface area contributed by atoms with Crippen LogP contribution >= 0.6 is 0 Å². The van der Waals surface area contributed by atoms with E-state index in [1.54, 1.807) is 0 Å². The van der Waals surface area contributed by atoms with Crippen molar-refractivity contribution >= 4 is 5.78 Å². The Morgan fingerprint density at radius 1 is 1.38 bits per heavy atom. The summed E-state index contributed by atoms with van der Waals surface area (Å²) in [6.07, 6.45) is -0.164. The van der Waals surface area contributed by atoms with Gasteiger partial charge in [-0.2, -0.15) is 0 Å². The van der Waals surface area contributed by atoms with Crippen molar-refractivity contribution in [2.24, 2.45) is 0 Å². The lowest BCUT2D eigenvalue weighted by atomic mass is 10.1. The Morgan fingerprint density at radius 2 is 2.08 bits per heavy atom. The van der Waals surface area contributed by atoms with Crippen molar-refractivity contribution in [2.75, 3.05) is 0 Å². The molecule has 0 bridgehead atoms. The maximum absolute atomic E-state index is 11.0. The summed E-state index contributed by atoms with van der Waals surface area (Å²) in [6, 6.07) is 0. The molecule has 2 fully saturated rings. The van der Waals surface area contributed by atoms with Gasteiger partial charge in [0.15, 0.2) is 17.9 Å². The van der Waals surface area contributed by atoms with Gasteiger partial charge in [-0.05, 0) is 20.8 Å². The fraction of sp³-hybridized carbons (Fsp3) is 0.889. The minimum atomic E-state index is -0.572. The first-order chi connectivity index (χ1) is 5.98. The Labute approximate surface area is 77.1 Å². The molecule has 0 aromatic rings. The van der Waals surface area contributed by atoms with Gasteiger partial charge in [-0.25, -0.2) is 0 Å². The highest BCUT2D eigenvalue weighted by atomic mass is 16.8. The van der Waals surface area contributed by atoms with Crippen LogP contribution in [0, 0.1) is 0 Å². The van der Waals surface area contributed by atoms with Gasteiger partial charge in [0.2, 0.25) is 0 Å². The van der Waals surface area contributed by atoms with Crippen LogP contribution in [0.1, 0.15) is 27.2 Å². The number of hydrogen-bond donors (Lipinski definition) is 0. The van der Waals surface area contributed by atoms with Gasteiger partial charge < -0.3 is 14.2 Å². The van der Waals surface area contributed by atoms with Crippen molar-refractivity contribution in [3.05, 3.63) is 0 Å². The maximum atomic E-state index is 11.0. The molecule has 2 aliphatic heterocycles. The van der Waals surface area contributed by atoms with E-state index in [1.807, 2.05) is 13.8 Å². The average Bonchev–Trinajstić information content (AvgIpc) is 2.39.